The fourth-order valence-corrected chi connectivity index (χ4v) is 5.44. The zero-order chi connectivity index (χ0) is 13.9. The van der Waals surface area contributed by atoms with Crippen LogP contribution in [0.25, 0.3) is 0 Å². The van der Waals surface area contributed by atoms with Crippen LogP contribution >= 0.6 is 0 Å². The molecular weight excluding hydrogens is 252 g/mol. The van der Waals surface area contributed by atoms with Gasteiger partial charge in [0.15, 0.2) is 0 Å². The van der Waals surface area contributed by atoms with Gasteiger partial charge in [-0.2, -0.15) is 0 Å². The minimum atomic E-state index is -0.773. The average molecular weight is 274 g/mol. The molecule has 1 aromatic heterocycles. The van der Waals surface area contributed by atoms with E-state index in [4.69, 9.17) is 5.11 Å². The molecule has 0 atom stereocenters. The second kappa shape index (κ2) is 4.34. The summed E-state index contributed by atoms with van der Waals surface area (Å²) in [6.45, 7) is 0. The molecule has 5 rings (SSSR count). The summed E-state index contributed by atoms with van der Waals surface area (Å²) in [4.78, 5) is 15.5. The third-order valence-electron chi connectivity index (χ3n) is 5.98. The molecule has 0 aromatic carbocycles. The molecule has 4 aliphatic rings. The highest BCUT2D eigenvalue weighted by Crippen LogP contribution is 2.59. The molecule has 0 radical (unpaired) electrons. The first-order valence-electron chi connectivity index (χ1n) is 7.84. The molecule has 0 amide bonds. The largest absolute Gasteiger partial charge is 0.481 e. The number of carboxylic acid groups (broad SMARTS) is 1. The van der Waals surface area contributed by atoms with Gasteiger partial charge < -0.3 is 9.67 Å². The van der Waals surface area contributed by atoms with Gasteiger partial charge in [-0.25, -0.2) is 4.98 Å². The maximum absolute atomic E-state index is 10.9. The third-order valence-corrected chi connectivity index (χ3v) is 5.98. The van der Waals surface area contributed by atoms with E-state index in [2.05, 4.69) is 9.55 Å². The van der Waals surface area contributed by atoms with Gasteiger partial charge in [-0.3, -0.25) is 4.79 Å². The Morgan fingerprint density at radius 3 is 2.40 bits per heavy atom. The van der Waals surface area contributed by atoms with Crippen LogP contribution in [0.5, 0.6) is 0 Å². The highest BCUT2D eigenvalue weighted by atomic mass is 16.4. The van der Waals surface area contributed by atoms with Crippen LogP contribution in [-0.4, -0.2) is 20.6 Å². The van der Waals surface area contributed by atoms with Crippen molar-refractivity contribution in [1.82, 2.24) is 9.55 Å². The smallest absolute Gasteiger partial charge is 0.309 e. The summed E-state index contributed by atoms with van der Waals surface area (Å²) in [6.07, 6.45) is 8.81. The zero-order valence-electron chi connectivity index (χ0n) is 12.0. The van der Waals surface area contributed by atoms with E-state index in [9.17, 15) is 4.79 Å². The number of aromatic nitrogens is 2. The van der Waals surface area contributed by atoms with E-state index < -0.39 is 5.97 Å². The molecule has 0 unspecified atom stereocenters. The van der Waals surface area contributed by atoms with Crippen LogP contribution in [0.4, 0.5) is 0 Å². The van der Waals surface area contributed by atoms with Crippen molar-refractivity contribution in [1.29, 1.82) is 0 Å². The number of aliphatic carboxylic acids is 1. The molecule has 4 bridgehead atoms. The summed E-state index contributed by atoms with van der Waals surface area (Å²) in [5.41, 5.74) is 0.835. The van der Waals surface area contributed by atoms with Gasteiger partial charge in [0.1, 0.15) is 5.82 Å². The molecule has 4 fully saturated rings. The molecular formula is C16H22N2O2. The Bertz CT molecular complexity index is 521. The standard InChI is InChI=1S/C16H22N2O2/c1-18-13(7-14(19)20)8-17-16(18)15-11-3-9-2-10(5-11)6-12(15)4-9/h8-12,15H,2-7H2,1H3,(H,19,20). The average Bonchev–Trinajstić information content (AvgIpc) is 2.70. The molecule has 0 saturated heterocycles. The molecule has 4 saturated carbocycles. The van der Waals surface area contributed by atoms with Crippen LogP contribution in [-0.2, 0) is 18.3 Å². The fourth-order valence-electron chi connectivity index (χ4n) is 5.44. The highest BCUT2D eigenvalue weighted by Gasteiger charge is 2.49. The fraction of sp³-hybridized carbons (Fsp3) is 0.750. The first-order valence-corrected chi connectivity index (χ1v) is 7.84. The van der Waals surface area contributed by atoms with E-state index in [0.29, 0.717) is 5.92 Å². The van der Waals surface area contributed by atoms with Gasteiger partial charge in [0.2, 0.25) is 0 Å². The van der Waals surface area contributed by atoms with Gasteiger partial charge in [-0.05, 0) is 55.8 Å². The summed E-state index contributed by atoms with van der Waals surface area (Å²) in [7, 11) is 1.99. The lowest BCUT2D eigenvalue weighted by molar-refractivity contribution is -0.136. The van der Waals surface area contributed by atoms with Crippen molar-refractivity contribution in [3.05, 3.63) is 17.7 Å². The topological polar surface area (TPSA) is 55.1 Å². The molecule has 1 aromatic rings. The van der Waals surface area contributed by atoms with Gasteiger partial charge in [0.25, 0.3) is 0 Å². The van der Waals surface area contributed by atoms with Gasteiger partial charge >= 0.3 is 5.97 Å². The molecule has 4 aliphatic carbocycles. The highest BCUT2D eigenvalue weighted by molar-refractivity contribution is 5.69. The number of imidazole rings is 1. The predicted octanol–water partition coefficient (Wildman–Crippen LogP) is 2.59. The Morgan fingerprint density at radius 1 is 1.25 bits per heavy atom. The summed E-state index contributed by atoms with van der Waals surface area (Å²) < 4.78 is 2.06. The second-order valence-corrected chi connectivity index (χ2v) is 7.19. The van der Waals surface area contributed by atoms with Crippen molar-refractivity contribution >= 4 is 5.97 Å². The van der Waals surface area contributed by atoms with Crippen molar-refractivity contribution < 1.29 is 9.90 Å². The van der Waals surface area contributed by atoms with Crippen LogP contribution in [0.1, 0.15) is 49.5 Å². The van der Waals surface area contributed by atoms with E-state index in [1.807, 2.05) is 7.05 Å². The number of rotatable bonds is 3. The van der Waals surface area contributed by atoms with Crippen LogP contribution in [0.3, 0.4) is 0 Å². The Kier molecular flexibility index (Phi) is 2.69. The number of nitrogens with zero attached hydrogens (tertiary/aromatic N) is 2. The predicted molar refractivity (Wildman–Crippen MR) is 74.3 cm³/mol. The van der Waals surface area contributed by atoms with E-state index in [0.717, 1.165) is 35.2 Å². The van der Waals surface area contributed by atoms with Crippen molar-refractivity contribution in [3.8, 4) is 0 Å². The van der Waals surface area contributed by atoms with E-state index in [1.165, 1.54) is 32.1 Å². The van der Waals surface area contributed by atoms with Crippen LogP contribution in [0, 0.1) is 23.7 Å². The lowest BCUT2D eigenvalue weighted by atomic mass is 9.51. The van der Waals surface area contributed by atoms with Gasteiger partial charge in [-0.1, -0.05) is 0 Å². The SMILES string of the molecule is Cn1c(CC(=O)O)cnc1C1C2CC3CC(C2)CC1C3. The van der Waals surface area contributed by atoms with Crippen LogP contribution in [0.2, 0.25) is 0 Å². The maximum Gasteiger partial charge on any atom is 0.309 e. The second-order valence-electron chi connectivity index (χ2n) is 7.19. The zero-order valence-corrected chi connectivity index (χ0v) is 12.0. The van der Waals surface area contributed by atoms with Crippen LogP contribution < -0.4 is 0 Å². The van der Waals surface area contributed by atoms with Crippen molar-refractivity contribution in [2.24, 2.45) is 30.7 Å². The molecule has 20 heavy (non-hydrogen) atoms. The normalized spacial score (nSPS) is 38.4. The quantitative estimate of drug-likeness (QED) is 0.921. The van der Waals surface area contributed by atoms with Crippen LogP contribution in [0.15, 0.2) is 6.20 Å². The monoisotopic (exact) mass is 274 g/mol. The van der Waals surface area contributed by atoms with Gasteiger partial charge in [0.05, 0.1) is 6.42 Å². The van der Waals surface area contributed by atoms with Crippen molar-refractivity contribution in [2.45, 2.75) is 44.4 Å². The maximum atomic E-state index is 10.9. The van der Waals surface area contributed by atoms with E-state index >= 15 is 0 Å². The minimum Gasteiger partial charge on any atom is -0.481 e. The number of hydrogen-bond acceptors (Lipinski definition) is 2. The lowest BCUT2D eigenvalue weighted by Crippen LogP contribution is -2.44. The molecule has 1 heterocycles. The Balaban J connectivity index is 1.64. The van der Waals surface area contributed by atoms with Gasteiger partial charge in [0, 0.05) is 24.9 Å². The summed E-state index contributed by atoms with van der Waals surface area (Å²) >= 11 is 0. The van der Waals surface area contributed by atoms with Gasteiger partial charge in [-0.15, -0.1) is 0 Å². The summed E-state index contributed by atoms with van der Waals surface area (Å²) in [6, 6.07) is 0. The molecule has 4 heteroatoms. The first kappa shape index (κ1) is 12.4. The first-order chi connectivity index (χ1) is 9.61. The molecule has 1 N–H and O–H groups in total. The molecule has 4 nitrogen and oxygen atoms in total. The Hall–Kier alpha value is -1.32. The number of carboxylic acids is 1. The summed E-state index contributed by atoms with van der Waals surface area (Å²) in [5.74, 6) is 4.48. The summed E-state index contributed by atoms with van der Waals surface area (Å²) in [5, 5.41) is 8.97. The minimum absolute atomic E-state index is 0.0802. The molecule has 0 aliphatic heterocycles. The Morgan fingerprint density at radius 2 is 1.85 bits per heavy atom. The molecule has 108 valence electrons. The molecule has 0 spiro atoms. The van der Waals surface area contributed by atoms with Crippen molar-refractivity contribution in [2.75, 3.05) is 0 Å². The van der Waals surface area contributed by atoms with E-state index in [1.54, 1.807) is 6.20 Å². The lowest BCUT2D eigenvalue weighted by Gasteiger charge is -2.54. The number of hydrogen-bond donors (Lipinski definition) is 1. The van der Waals surface area contributed by atoms with E-state index in [-0.39, 0.29) is 6.42 Å². The third kappa shape index (κ3) is 1.80. The number of carbonyl (C=O) groups is 1. The Labute approximate surface area is 119 Å². The van der Waals surface area contributed by atoms with Crippen molar-refractivity contribution in [3.63, 3.8) is 0 Å².